The van der Waals surface area contributed by atoms with Gasteiger partial charge in [-0.15, -0.1) is 0 Å². The third kappa shape index (κ3) is 4.52. The summed E-state index contributed by atoms with van der Waals surface area (Å²) in [4.78, 5) is 0. The molecule has 0 aromatic heterocycles. The second-order valence-corrected chi connectivity index (χ2v) is 6.91. The summed E-state index contributed by atoms with van der Waals surface area (Å²) >= 11 is 12.9. The monoisotopic (exact) mass is 433 g/mol. The number of halogens is 4. The Morgan fingerprint density at radius 2 is 1.95 bits per heavy atom. The van der Waals surface area contributed by atoms with Gasteiger partial charge in [-0.25, -0.2) is 4.39 Å². The van der Waals surface area contributed by atoms with Crippen molar-refractivity contribution in [2.24, 2.45) is 0 Å². The minimum absolute atomic E-state index is 0.138. The standard InChI is InChI=1S/C16H15Br2ClFN/c1-2-21-16(12-5-4-11(17)9-13(12)18)8-10-3-6-15(20)14(19)7-10/h3-7,9,16,21H,2,8H2,1H3. The molecule has 0 fully saturated rings. The van der Waals surface area contributed by atoms with Crippen LogP contribution in [0.3, 0.4) is 0 Å². The fraction of sp³-hybridized carbons (Fsp3) is 0.250. The van der Waals surface area contributed by atoms with Crippen LogP contribution in [-0.2, 0) is 6.42 Å². The lowest BCUT2D eigenvalue weighted by molar-refractivity contribution is 0.547. The zero-order chi connectivity index (χ0) is 15.4. The average Bonchev–Trinajstić information content (AvgIpc) is 2.42. The number of hydrogen-bond acceptors (Lipinski definition) is 1. The van der Waals surface area contributed by atoms with E-state index in [9.17, 15) is 4.39 Å². The third-order valence-corrected chi connectivity index (χ3v) is 4.68. The van der Waals surface area contributed by atoms with Crippen molar-refractivity contribution < 1.29 is 4.39 Å². The lowest BCUT2D eigenvalue weighted by Gasteiger charge is -2.20. The number of benzene rings is 2. The lowest BCUT2D eigenvalue weighted by atomic mass is 9.99. The van der Waals surface area contributed by atoms with Gasteiger partial charge in [-0.2, -0.15) is 0 Å². The molecule has 0 radical (unpaired) electrons. The summed E-state index contributed by atoms with van der Waals surface area (Å²) < 4.78 is 15.3. The molecule has 1 atom stereocenters. The SMILES string of the molecule is CCNC(Cc1ccc(F)c(Cl)c1)c1ccc(Br)cc1Br. The maximum absolute atomic E-state index is 13.3. The van der Waals surface area contributed by atoms with Crippen molar-refractivity contribution in [2.75, 3.05) is 6.54 Å². The predicted molar refractivity (Wildman–Crippen MR) is 93.4 cm³/mol. The molecule has 0 bridgehead atoms. The van der Waals surface area contributed by atoms with Gasteiger partial charge in [0.25, 0.3) is 0 Å². The molecule has 2 aromatic carbocycles. The number of likely N-dealkylation sites (N-methyl/N-ethyl adjacent to an activating group) is 1. The zero-order valence-electron chi connectivity index (χ0n) is 11.5. The molecule has 0 amide bonds. The lowest BCUT2D eigenvalue weighted by Crippen LogP contribution is -2.23. The summed E-state index contributed by atoms with van der Waals surface area (Å²) in [5.41, 5.74) is 2.17. The van der Waals surface area contributed by atoms with Crippen molar-refractivity contribution in [1.29, 1.82) is 0 Å². The molecule has 0 aliphatic carbocycles. The molecule has 2 aromatic rings. The van der Waals surface area contributed by atoms with Gasteiger partial charge in [0.1, 0.15) is 5.82 Å². The van der Waals surface area contributed by atoms with E-state index in [1.54, 1.807) is 12.1 Å². The van der Waals surface area contributed by atoms with E-state index in [1.807, 2.05) is 12.1 Å². The van der Waals surface area contributed by atoms with E-state index in [1.165, 1.54) is 11.6 Å². The molecule has 0 spiro atoms. The molecule has 0 saturated carbocycles. The first-order valence-electron chi connectivity index (χ1n) is 6.63. The van der Waals surface area contributed by atoms with Gasteiger partial charge in [-0.3, -0.25) is 0 Å². The van der Waals surface area contributed by atoms with Crippen LogP contribution in [0.4, 0.5) is 4.39 Å². The van der Waals surface area contributed by atoms with Gasteiger partial charge in [-0.05, 0) is 48.4 Å². The average molecular weight is 436 g/mol. The molecular formula is C16H15Br2ClFN. The second kappa shape index (κ2) is 7.73. The van der Waals surface area contributed by atoms with Gasteiger partial charge in [0.15, 0.2) is 0 Å². The first-order chi connectivity index (χ1) is 10.0. The Bertz CT molecular complexity index is 634. The van der Waals surface area contributed by atoms with E-state index in [0.717, 1.165) is 27.5 Å². The van der Waals surface area contributed by atoms with Crippen molar-refractivity contribution in [3.8, 4) is 0 Å². The largest absolute Gasteiger partial charge is 0.310 e. The number of rotatable bonds is 5. The van der Waals surface area contributed by atoms with Crippen LogP contribution < -0.4 is 5.32 Å². The molecule has 112 valence electrons. The first kappa shape index (κ1) is 16.9. The topological polar surface area (TPSA) is 12.0 Å². The fourth-order valence-corrected chi connectivity index (χ4v) is 3.75. The smallest absolute Gasteiger partial charge is 0.141 e. The van der Waals surface area contributed by atoms with Crippen LogP contribution >= 0.6 is 43.5 Å². The molecule has 0 heterocycles. The van der Waals surface area contributed by atoms with Crippen LogP contribution in [0.5, 0.6) is 0 Å². The molecule has 0 aliphatic rings. The molecule has 1 nitrogen and oxygen atoms in total. The molecule has 5 heteroatoms. The van der Waals surface area contributed by atoms with Crippen LogP contribution in [0, 0.1) is 5.82 Å². The molecule has 0 aliphatic heterocycles. The van der Waals surface area contributed by atoms with E-state index in [2.05, 4.69) is 50.2 Å². The normalized spacial score (nSPS) is 12.4. The quantitative estimate of drug-likeness (QED) is 0.617. The van der Waals surface area contributed by atoms with Gasteiger partial charge >= 0.3 is 0 Å². The Kier molecular flexibility index (Phi) is 6.23. The highest BCUT2D eigenvalue weighted by Gasteiger charge is 2.15. The predicted octanol–water partition coefficient (Wildman–Crippen LogP) is 5.90. The van der Waals surface area contributed by atoms with Crippen LogP contribution in [0.2, 0.25) is 5.02 Å². The second-order valence-electron chi connectivity index (χ2n) is 4.73. The molecule has 1 unspecified atom stereocenters. The molecule has 21 heavy (non-hydrogen) atoms. The Balaban J connectivity index is 2.28. The van der Waals surface area contributed by atoms with Crippen LogP contribution in [0.25, 0.3) is 0 Å². The first-order valence-corrected chi connectivity index (χ1v) is 8.60. The van der Waals surface area contributed by atoms with Crippen molar-refractivity contribution in [1.82, 2.24) is 5.32 Å². The maximum Gasteiger partial charge on any atom is 0.141 e. The van der Waals surface area contributed by atoms with E-state index in [4.69, 9.17) is 11.6 Å². The third-order valence-electron chi connectivity index (χ3n) is 3.21. The van der Waals surface area contributed by atoms with Gasteiger partial charge in [0, 0.05) is 15.0 Å². The van der Waals surface area contributed by atoms with Crippen LogP contribution in [-0.4, -0.2) is 6.54 Å². The summed E-state index contributed by atoms with van der Waals surface area (Å²) in [6, 6.07) is 11.1. The highest BCUT2D eigenvalue weighted by Crippen LogP contribution is 2.29. The van der Waals surface area contributed by atoms with Crippen LogP contribution in [0.15, 0.2) is 45.3 Å². The Hall–Kier alpha value is -0.420. The summed E-state index contributed by atoms with van der Waals surface area (Å²) in [6.45, 7) is 2.92. The summed E-state index contributed by atoms with van der Waals surface area (Å²) in [7, 11) is 0. The van der Waals surface area contributed by atoms with Gasteiger partial charge in [-0.1, -0.05) is 62.5 Å². The summed E-state index contributed by atoms with van der Waals surface area (Å²) in [6.07, 6.45) is 0.744. The molecule has 2 rings (SSSR count). The van der Waals surface area contributed by atoms with E-state index >= 15 is 0 Å². The highest BCUT2D eigenvalue weighted by atomic mass is 79.9. The summed E-state index contributed by atoms with van der Waals surface area (Å²) in [5.74, 6) is -0.384. The maximum atomic E-state index is 13.3. The van der Waals surface area contributed by atoms with E-state index in [-0.39, 0.29) is 16.9 Å². The highest BCUT2D eigenvalue weighted by molar-refractivity contribution is 9.11. The Morgan fingerprint density at radius 3 is 2.57 bits per heavy atom. The number of hydrogen-bond donors (Lipinski definition) is 1. The summed E-state index contributed by atoms with van der Waals surface area (Å²) in [5, 5.41) is 3.62. The van der Waals surface area contributed by atoms with Crippen molar-refractivity contribution in [2.45, 2.75) is 19.4 Å². The Morgan fingerprint density at radius 1 is 1.19 bits per heavy atom. The minimum Gasteiger partial charge on any atom is -0.310 e. The molecular weight excluding hydrogens is 420 g/mol. The Labute approximate surface area is 146 Å². The van der Waals surface area contributed by atoms with E-state index < -0.39 is 0 Å². The zero-order valence-corrected chi connectivity index (χ0v) is 15.4. The fourth-order valence-electron chi connectivity index (χ4n) is 2.22. The molecule has 1 N–H and O–H groups in total. The van der Waals surface area contributed by atoms with Crippen molar-refractivity contribution >= 4 is 43.5 Å². The number of nitrogens with one attached hydrogen (secondary N) is 1. The van der Waals surface area contributed by atoms with Gasteiger partial charge in [0.05, 0.1) is 5.02 Å². The van der Waals surface area contributed by atoms with Gasteiger partial charge in [0.2, 0.25) is 0 Å². The van der Waals surface area contributed by atoms with Gasteiger partial charge < -0.3 is 5.32 Å². The molecule has 0 saturated heterocycles. The van der Waals surface area contributed by atoms with E-state index in [0.29, 0.717) is 0 Å². The minimum atomic E-state index is -0.384. The van der Waals surface area contributed by atoms with Crippen molar-refractivity contribution in [3.63, 3.8) is 0 Å². The van der Waals surface area contributed by atoms with Crippen molar-refractivity contribution in [3.05, 3.63) is 67.3 Å². The van der Waals surface area contributed by atoms with Crippen LogP contribution in [0.1, 0.15) is 24.1 Å².